The zero-order chi connectivity index (χ0) is 13.8. The Kier molecular flexibility index (Phi) is 2.66. The lowest BCUT2D eigenvalue weighted by molar-refractivity contribution is -0.163. The van der Waals surface area contributed by atoms with Crippen molar-refractivity contribution in [3.05, 3.63) is 0 Å². The van der Waals surface area contributed by atoms with E-state index in [0.717, 1.165) is 19.3 Å². The van der Waals surface area contributed by atoms with Gasteiger partial charge in [0.05, 0.1) is 13.7 Å². The highest BCUT2D eigenvalue weighted by molar-refractivity contribution is 6.00. The highest BCUT2D eigenvalue weighted by Crippen LogP contribution is 2.58. The summed E-state index contributed by atoms with van der Waals surface area (Å²) in [5.74, 6) is -0.589. The number of epoxide rings is 1. The van der Waals surface area contributed by atoms with Gasteiger partial charge in [0, 0.05) is 0 Å². The molecule has 0 radical (unpaired) electrons. The van der Waals surface area contributed by atoms with E-state index in [4.69, 9.17) is 14.2 Å². The number of carbonyl (C=O) groups is 2. The molecule has 6 heteroatoms. The van der Waals surface area contributed by atoms with E-state index < -0.39 is 23.2 Å². The first-order valence-electron chi connectivity index (χ1n) is 6.74. The second kappa shape index (κ2) is 3.93. The Bertz CT molecular complexity index is 439. The first-order valence-corrected chi connectivity index (χ1v) is 6.74. The van der Waals surface area contributed by atoms with Gasteiger partial charge in [-0.15, -0.1) is 0 Å². The van der Waals surface area contributed by atoms with E-state index in [2.05, 4.69) is 6.92 Å². The van der Waals surface area contributed by atoms with Gasteiger partial charge in [0.1, 0.15) is 11.8 Å². The van der Waals surface area contributed by atoms with E-state index in [9.17, 15) is 9.59 Å². The number of fused-ring (bicyclic) bond motifs is 3. The zero-order valence-electron chi connectivity index (χ0n) is 11.5. The van der Waals surface area contributed by atoms with Gasteiger partial charge in [-0.3, -0.25) is 9.69 Å². The molecule has 106 valence electrons. The van der Waals surface area contributed by atoms with E-state index in [-0.39, 0.29) is 18.7 Å². The van der Waals surface area contributed by atoms with Gasteiger partial charge >= 0.3 is 5.97 Å². The number of nitrogens with zero attached hydrogens (tertiary/aromatic N) is 1. The fourth-order valence-electron chi connectivity index (χ4n) is 3.38. The smallest absolute Gasteiger partial charge is 0.337 e. The van der Waals surface area contributed by atoms with Crippen LogP contribution in [0.25, 0.3) is 0 Å². The number of rotatable bonds is 4. The van der Waals surface area contributed by atoms with Crippen molar-refractivity contribution in [2.45, 2.75) is 56.6 Å². The standard InChI is InChI=1S/C13H19NO5/c1-4-5-6-8-14-10(15)9-12(2,19-9)13(14,7-18-8)11(16)17-3/h8-9H,4-7H2,1-3H3/t8-,9?,12+,13+/m1/s1. The Morgan fingerprint density at radius 3 is 2.95 bits per heavy atom. The summed E-state index contributed by atoms with van der Waals surface area (Å²) >= 11 is 0. The maximum absolute atomic E-state index is 12.3. The fourth-order valence-corrected chi connectivity index (χ4v) is 3.38. The van der Waals surface area contributed by atoms with Crippen LogP contribution < -0.4 is 0 Å². The molecule has 3 aliphatic heterocycles. The minimum atomic E-state index is -1.10. The number of esters is 1. The number of amides is 1. The summed E-state index contributed by atoms with van der Waals surface area (Å²) in [4.78, 5) is 26.2. The molecule has 0 aromatic carbocycles. The van der Waals surface area contributed by atoms with Crippen LogP contribution in [0.15, 0.2) is 0 Å². The molecule has 1 amide bonds. The molecule has 3 fully saturated rings. The Hall–Kier alpha value is -1.14. The van der Waals surface area contributed by atoms with Crippen LogP contribution in [0.3, 0.4) is 0 Å². The molecule has 19 heavy (non-hydrogen) atoms. The lowest BCUT2D eigenvalue weighted by atomic mass is 9.86. The minimum absolute atomic E-state index is 0.147. The summed E-state index contributed by atoms with van der Waals surface area (Å²) < 4.78 is 16.1. The maximum atomic E-state index is 12.3. The topological polar surface area (TPSA) is 68.4 Å². The average molecular weight is 269 g/mol. The summed E-state index contributed by atoms with van der Waals surface area (Å²) in [5, 5.41) is 0. The Labute approximate surface area is 112 Å². The maximum Gasteiger partial charge on any atom is 0.337 e. The molecule has 3 rings (SSSR count). The van der Waals surface area contributed by atoms with Crippen molar-refractivity contribution in [3.63, 3.8) is 0 Å². The van der Waals surface area contributed by atoms with Gasteiger partial charge < -0.3 is 14.2 Å². The zero-order valence-corrected chi connectivity index (χ0v) is 11.5. The highest BCUT2D eigenvalue weighted by Gasteiger charge is 2.84. The quantitative estimate of drug-likeness (QED) is 0.547. The molecule has 0 saturated carbocycles. The van der Waals surface area contributed by atoms with E-state index in [0.29, 0.717) is 0 Å². The molecule has 0 bridgehead atoms. The van der Waals surface area contributed by atoms with Crippen LogP contribution >= 0.6 is 0 Å². The predicted molar refractivity (Wildman–Crippen MR) is 64.1 cm³/mol. The highest BCUT2D eigenvalue weighted by atomic mass is 16.6. The van der Waals surface area contributed by atoms with Crippen LogP contribution in [-0.4, -0.2) is 54.0 Å². The van der Waals surface area contributed by atoms with E-state index in [1.165, 1.54) is 7.11 Å². The number of ether oxygens (including phenoxy) is 3. The van der Waals surface area contributed by atoms with Gasteiger partial charge in [-0.05, 0) is 19.8 Å². The van der Waals surface area contributed by atoms with Crippen LogP contribution in [0.1, 0.15) is 33.1 Å². The number of unbranched alkanes of at least 4 members (excludes halogenated alkanes) is 1. The number of carbonyl (C=O) groups excluding carboxylic acids is 2. The summed E-state index contributed by atoms with van der Waals surface area (Å²) in [7, 11) is 1.33. The van der Waals surface area contributed by atoms with Gasteiger partial charge in [-0.25, -0.2) is 4.79 Å². The predicted octanol–water partition coefficient (Wildman–Crippen LogP) is 0.444. The Morgan fingerprint density at radius 2 is 2.32 bits per heavy atom. The monoisotopic (exact) mass is 269 g/mol. The Morgan fingerprint density at radius 1 is 1.58 bits per heavy atom. The van der Waals surface area contributed by atoms with Crippen LogP contribution in [-0.2, 0) is 23.8 Å². The molecule has 6 nitrogen and oxygen atoms in total. The van der Waals surface area contributed by atoms with Gasteiger partial charge in [0.25, 0.3) is 5.91 Å². The van der Waals surface area contributed by atoms with Crippen molar-refractivity contribution in [2.75, 3.05) is 13.7 Å². The third-order valence-electron chi connectivity index (χ3n) is 4.60. The summed E-state index contributed by atoms with van der Waals surface area (Å²) in [6.07, 6.45) is 1.86. The van der Waals surface area contributed by atoms with Crippen LogP contribution in [0, 0.1) is 0 Å². The molecule has 0 aromatic rings. The number of morpholine rings is 1. The lowest BCUT2D eigenvalue weighted by Crippen LogP contribution is -2.60. The number of methoxy groups -OCH3 is 1. The molecule has 3 heterocycles. The van der Waals surface area contributed by atoms with Crippen LogP contribution in [0.2, 0.25) is 0 Å². The second-order valence-electron chi connectivity index (χ2n) is 5.57. The van der Waals surface area contributed by atoms with Crippen molar-refractivity contribution >= 4 is 11.9 Å². The van der Waals surface area contributed by atoms with Crippen molar-refractivity contribution in [1.29, 1.82) is 0 Å². The van der Waals surface area contributed by atoms with Crippen molar-refractivity contribution in [1.82, 2.24) is 4.90 Å². The first-order chi connectivity index (χ1) is 9.03. The summed E-state index contributed by atoms with van der Waals surface area (Å²) in [5.41, 5.74) is -1.89. The number of hydrogen-bond acceptors (Lipinski definition) is 5. The molecule has 0 aromatic heterocycles. The van der Waals surface area contributed by atoms with Gasteiger partial charge in [0.15, 0.2) is 11.6 Å². The lowest BCUT2D eigenvalue weighted by Gasteiger charge is -2.34. The largest absolute Gasteiger partial charge is 0.467 e. The third kappa shape index (κ3) is 1.33. The van der Waals surface area contributed by atoms with E-state index in [1.807, 2.05) is 0 Å². The fraction of sp³-hybridized carbons (Fsp3) is 0.846. The van der Waals surface area contributed by atoms with Crippen molar-refractivity contribution < 1.29 is 23.8 Å². The average Bonchev–Trinajstić information content (AvgIpc) is 2.89. The molecule has 3 aliphatic rings. The van der Waals surface area contributed by atoms with Crippen LogP contribution in [0.5, 0.6) is 0 Å². The molecular formula is C13H19NO5. The van der Waals surface area contributed by atoms with Crippen LogP contribution in [0.4, 0.5) is 0 Å². The normalized spacial score (nSPS) is 43.1. The van der Waals surface area contributed by atoms with Crippen molar-refractivity contribution in [2.24, 2.45) is 0 Å². The Balaban J connectivity index is 1.95. The molecule has 3 saturated heterocycles. The van der Waals surface area contributed by atoms with Gasteiger partial charge in [-0.2, -0.15) is 0 Å². The summed E-state index contributed by atoms with van der Waals surface area (Å²) in [6, 6.07) is 0. The van der Waals surface area contributed by atoms with Gasteiger partial charge in [-0.1, -0.05) is 13.3 Å². The van der Waals surface area contributed by atoms with Crippen molar-refractivity contribution in [3.8, 4) is 0 Å². The molecule has 0 aliphatic carbocycles. The molecule has 4 atom stereocenters. The third-order valence-corrected chi connectivity index (χ3v) is 4.60. The van der Waals surface area contributed by atoms with Gasteiger partial charge in [0.2, 0.25) is 0 Å². The molecule has 1 unspecified atom stereocenters. The summed E-state index contributed by atoms with van der Waals surface area (Å²) in [6.45, 7) is 4.03. The molecule has 0 spiro atoms. The first kappa shape index (κ1) is 12.9. The second-order valence-corrected chi connectivity index (χ2v) is 5.57. The minimum Gasteiger partial charge on any atom is -0.467 e. The SMILES string of the molecule is CCCC[C@H]1OC[C@@]2(C(=O)OC)N1C(=O)C1O[C@@]12C. The molecule has 0 N–H and O–H groups in total. The van der Waals surface area contributed by atoms with E-state index >= 15 is 0 Å². The number of hydrogen-bond donors (Lipinski definition) is 0. The van der Waals surface area contributed by atoms with E-state index in [1.54, 1.807) is 11.8 Å². The molecular weight excluding hydrogens is 250 g/mol.